The van der Waals surface area contributed by atoms with E-state index < -0.39 is 5.97 Å². The van der Waals surface area contributed by atoms with Crippen molar-refractivity contribution in [3.8, 4) is 34.2 Å². The lowest BCUT2D eigenvalue weighted by atomic mass is 10.1. The van der Waals surface area contributed by atoms with Gasteiger partial charge in [-0.2, -0.15) is 5.10 Å². The summed E-state index contributed by atoms with van der Waals surface area (Å²) in [4.78, 5) is 12.4. The number of hydrogen-bond donors (Lipinski definition) is 0. The molecular weight excluding hydrogens is 440 g/mol. The van der Waals surface area contributed by atoms with Gasteiger partial charge in [-0.05, 0) is 54.6 Å². The number of hydrogen-bond acceptors (Lipinski definition) is 5. The molecule has 0 unspecified atom stereocenters. The van der Waals surface area contributed by atoms with Gasteiger partial charge in [0.25, 0.3) is 0 Å². The lowest BCUT2D eigenvalue weighted by Gasteiger charge is -2.09. The molecule has 0 saturated carbocycles. The Bertz CT molecular complexity index is 1300. The van der Waals surface area contributed by atoms with Crippen molar-refractivity contribution in [2.45, 2.75) is 0 Å². The Morgan fingerprint density at radius 2 is 1.73 bits per heavy atom. The topological polar surface area (TPSA) is 62.6 Å². The monoisotopic (exact) mass is 460 g/mol. The number of ether oxygens (including phenoxy) is 3. The smallest absolute Gasteiger partial charge is 0.336 e. The van der Waals surface area contributed by atoms with Gasteiger partial charge in [0.05, 0.1) is 19.9 Å². The molecule has 0 aliphatic carbocycles. The van der Waals surface area contributed by atoms with Crippen molar-refractivity contribution in [1.29, 1.82) is 0 Å². The number of benzene rings is 3. The van der Waals surface area contributed by atoms with Crippen LogP contribution < -0.4 is 14.2 Å². The third-order valence-corrected chi connectivity index (χ3v) is 5.07. The Morgan fingerprint density at radius 3 is 2.45 bits per heavy atom. The lowest BCUT2D eigenvalue weighted by molar-refractivity contribution is -0.128. The summed E-state index contributed by atoms with van der Waals surface area (Å²) in [5.41, 5.74) is 3.10. The summed E-state index contributed by atoms with van der Waals surface area (Å²) in [6.07, 6.45) is 4.88. The van der Waals surface area contributed by atoms with Crippen LogP contribution in [0.25, 0.3) is 23.0 Å². The highest BCUT2D eigenvalue weighted by Crippen LogP contribution is 2.33. The van der Waals surface area contributed by atoms with Crippen molar-refractivity contribution in [3.63, 3.8) is 0 Å². The molecule has 0 aliphatic heterocycles. The van der Waals surface area contributed by atoms with Crippen molar-refractivity contribution in [1.82, 2.24) is 9.78 Å². The number of rotatable bonds is 7. The van der Waals surface area contributed by atoms with Crippen molar-refractivity contribution < 1.29 is 19.0 Å². The molecular formula is C26H21ClN2O4. The van der Waals surface area contributed by atoms with Crippen LogP contribution in [0.2, 0.25) is 5.02 Å². The minimum Gasteiger partial charge on any atom is -0.493 e. The molecule has 3 aromatic carbocycles. The summed E-state index contributed by atoms with van der Waals surface area (Å²) in [6, 6.07) is 21.9. The van der Waals surface area contributed by atoms with E-state index in [1.807, 2.05) is 54.7 Å². The van der Waals surface area contributed by atoms with Crippen molar-refractivity contribution in [3.05, 3.63) is 95.7 Å². The second-order valence-corrected chi connectivity index (χ2v) is 7.43. The molecule has 0 bridgehead atoms. The highest BCUT2D eigenvalue weighted by molar-refractivity contribution is 6.30. The van der Waals surface area contributed by atoms with Crippen LogP contribution in [-0.2, 0) is 4.79 Å². The molecule has 33 heavy (non-hydrogen) atoms. The molecule has 4 rings (SSSR count). The Labute approximate surface area is 196 Å². The molecule has 0 N–H and O–H groups in total. The first-order chi connectivity index (χ1) is 16.1. The van der Waals surface area contributed by atoms with Crippen molar-refractivity contribution in [2.75, 3.05) is 14.2 Å². The van der Waals surface area contributed by atoms with Gasteiger partial charge in [0, 0.05) is 28.4 Å². The fourth-order valence-electron chi connectivity index (χ4n) is 3.27. The molecule has 0 spiro atoms. The molecule has 6 nitrogen and oxygen atoms in total. The number of methoxy groups -OCH3 is 2. The van der Waals surface area contributed by atoms with E-state index in [0.717, 1.165) is 16.8 Å². The fourth-order valence-corrected chi connectivity index (χ4v) is 3.45. The summed E-state index contributed by atoms with van der Waals surface area (Å²) in [6.45, 7) is 0. The molecule has 1 aromatic heterocycles. The van der Waals surface area contributed by atoms with Gasteiger partial charge >= 0.3 is 5.97 Å². The highest BCUT2D eigenvalue weighted by atomic mass is 35.5. The van der Waals surface area contributed by atoms with E-state index in [1.165, 1.54) is 6.08 Å². The minimum atomic E-state index is -0.525. The summed E-state index contributed by atoms with van der Waals surface area (Å²) in [5.74, 6) is 1.05. The van der Waals surface area contributed by atoms with E-state index in [9.17, 15) is 4.79 Å². The summed E-state index contributed by atoms with van der Waals surface area (Å²) < 4.78 is 17.9. The van der Waals surface area contributed by atoms with Crippen LogP contribution in [0.5, 0.6) is 17.2 Å². The van der Waals surface area contributed by atoms with Crippen LogP contribution in [0.4, 0.5) is 0 Å². The number of esters is 1. The van der Waals surface area contributed by atoms with Gasteiger partial charge in [-0.1, -0.05) is 35.9 Å². The molecule has 0 saturated heterocycles. The number of nitrogens with zero attached hydrogens (tertiary/aromatic N) is 2. The molecule has 1 heterocycles. The first kappa shape index (κ1) is 22.2. The van der Waals surface area contributed by atoms with Gasteiger partial charge in [-0.15, -0.1) is 0 Å². The average Bonchev–Trinajstić information content (AvgIpc) is 3.27. The molecule has 0 atom stereocenters. The predicted molar refractivity (Wildman–Crippen MR) is 128 cm³/mol. The maximum absolute atomic E-state index is 12.4. The van der Waals surface area contributed by atoms with Crippen LogP contribution in [0.15, 0.2) is 85.1 Å². The number of aromatic nitrogens is 2. The summed E-state index contributed by atoms with van der Waals surface area (Å²) in [7, 11) is 3.16. The molecule has 4 aromatic rings. The molecule has 0 radical (unpaired) electrons. The quantitative estimate of drug-likeness (QED) is 0.197. The van der Waals surface area contributed by atoms with Crippen LogP contribution in [0.3, 0.4) is 0 Å². The zero-order valence-electron chi connectivity index (χ0n) is 18.1. The largest absolute Gasteiger partial charge is 0.493 e. The molecule has 7 heteroatoms. The standard InChI is InChI=1S/C26H21ClN2O4/c1-31-23-13-11-18(15-24(23)32-2)26-19(17-29(28-26)21-8-4-3-5-9-21)12-14-25(30)33-22-10-6-7-20(27)16-22/h3-17H,1-2H3/b14-12+. The van der Waals surface area contributed by atoms with Gasteiger partial charge < -0.3 is 14.2 Å². The summed E-state index contributed by atoms with van der Waals surface area (Å²) >= 11 is 5.96. The Kier molecular flexibility index (Phi) is 6.76. The van der Waals surface area contributed by atoms with E-state index in [0.29, 0.717) is 28.0 Å². The fraction of sp³-hybridized carbons (Fsp3) is 0.0769. The lowest BCUT2D eigenvalue weighted by Crippen LogP contribution is -2.03. The number of halogens is 1. The number of carbonyl (C=O) groups is 1. The summed E-state index contributed by atoms with van der Waals surface area (Å²) in [5, 5.41) is 5.24. The van der Waals surface area contributed by atoms with Crippen LogP contribution in [0, 0.1) is 0 Å². The first-order valence-electron chi connectivity index (χ1n) is 10.1. The molecule has 0 fully saturated rings. The van der Waals surface area contributed by atoms with E-state index in [-0.39, 0.29) is 0 Å². The predicted octanol–water partition coefficient (Wildman–Crippen LogP) is 5.83. The molecule has 166 valence electrons. The van der Waals surface area contributed by atoms with E-state index in [2.05, 4.69) is 0 Å². The number of carbonyl (C=O) groups excluding carboxylic acids is 1. The average molecular weight is 461 g/mol. The third-order valence-electron chi connectivity index (χ3n) is 4.83. The van der Waals surface area contributed by atoms with Gasteiger partial charge in [-0.3, -0.25) is 0 Å². The van der Waals surface area contributed by atoms with Crippen LogP contribution >= 0.6 is 11.6 Å². The Morgan fingerprint density at radius 1 is 0.939 bits per heavy atom. The third kappa shape index (κ3) is 5.25. The van der Waals surface area contributed by atoms with Crippen molar-refractivity contribution >= 4 is 23.6 Å². The SMILES string of the molecule is COc1ccc(-c2nn(-c3ccccc3)cc2/C=C/C(=O)Oc2cccc(Cl)c2)cc1OC. The van der Waals surface area contributed by atoms with Crippen LogP contribution in [0.1, 0.15) is 5.56 Å². The van der Waals surface area contributed by atoms with Crippen molar-refractivity contribution in [2.24, 2.45) is 0 Å². The van der Waals surface area contributed by atoms with Crippen LogP contribution in [-0.4, -0.2) is 30.0 Å². The molecule has 0 aliphatic rings. The molecule has 0 amide bonds. The second kappa shape index (κ2) is 10.1. The zero-order valence-corrected chi connectivity index (χ0v) is 18.8. The second-order valence-electron chi connectivity index (χ2n) is 6.99. The Hall–Kier alpha value is -4.03. The van der Waals surface area contributed by atoms with Gasteiger partial charge in [0.15, 0.2) is 11.5 Å². The van der Waals surface area contributed by atoms with Gasteiger partial charge in [0.2, 0.25) is 0 Å². The van der Waals surface area contributed by atoms with E-state index >= 15 is 0 Å². The van der Waals surface area contributed by atoms with Gasteiger partial charge in [-0.25, -0.2) is 9.48 Å². The normalized spacial score (nSPS) is 10.9. The van der Waals surface area contributed by atoms with E-state index in [1.54, 1.807) is 49.2 Å². The zero-order chi connectivity index (χ0) is 23.2. The first-order valence-corrected chi connectivity index (χ1v) is 10.5. The van der Waals surface area contributed by atoms with Gasteiger partial charge in [0.1, 0.15) is 11.4 Å². The highest BCUT2D eigenvalue weighted by Gasteiger charge is 2.14. The number of para-hydroxylation sites is 1. The minimum absolute atomic E-state index is 0.372. The Balaban J connectivity index is 1.69. The maximum atomic E-state index is 12.4. The van der Waals surface area contributed by atoms with E-state index in [4.69, 9.17) is 30.9 Å². The maximum Gasteiger partial charge on any atom is 0.336 e.